The van der Waals surface area contributed by atoms with Crippen molar-refractivity contribution in [3.8, 4) is 5.75 Å². The molecule has 1 heterocycles. The topological polar surface area (TPSA) is 35.2 Å². The van der Waals surface area contributed by atoms with Gasteiger partial charge in [-0.3, -0.25) is 0 Å². The van der Waals surface area contributed by atoms with E-state index < -0.39 is 0 Å². The normalized spacial score (nSPS) is 19.8. The van der Waals surface area contributed by atoms with Gasteiger partial charge in [0.25, 0.3) is 0 Å². The van der Waals surface area contributed by atoms with Gasteiger partial charge >= 0.3 is 0 Å². The molecule has 1 unspecified atom stereocenters. The average molecular weight is 223 g/mol. The van der Waals surface area contributed by atoms with Crippen LogP contribution in [0, 0.1) is 5.82 Å². The number of hydrogen-bond acceptors (Lipinski definition) is 2. The quantitative estimate of drug-likeness (QED) is 0.794. The zero-order valence-electron chi connectivity index (χ0n) is 10.0. The maximum atomic E-state index is 14.1. The zero-order valence-corrected chi connectivity index (χ0v) is 10.0. The maximum absolute atomic E-state index is 14.1. The molecular weight excluding hydrogens is 205 g/mol. The van der Waals surface area contributed by atoms with Crippen molar-refractivity contribution in [2.75, 3.05) is 0 Å². The van der Waals surface area contributed by atoms with Gasteiger partial charge in [-0.15, -0.1) is 0 Å². The van der Waals surface area contributed by atoms with Crippen molar-refractivity contribution in [1.29, 1.82) is 0 Å². The summed E-state index contributed by atoms with van der Waals surface area (Å²) in [6, 6.07) is 3.28. The summed E-state index contributed by atoms with van der Waals surface area (Å²) in [5.41, 5.74) is 6.77. The third-order valence-corrected chi connectivity index (χ3v) is 3.08. The molecule has 1 aliphatic rings. The second-order valence-corrected chi connectivity index (χ2v) is 5.10. The van der Waals surface area contributed by atoms with Crippen molar-refractivity contribution in [3.63, 3.8) is 0 Å². The predicted octanol–water partition coefficient (Wildman–Crippen LogP) is 2.95. The predicted molar refractivity (Wildman–Crippen MR) is 62.0 cm³/mol. The van der Waals surface area contributed by atoms with Gasteiger partial charge in [0.1, 0.15) is 17.2 Å². The van der Waals surface area contributed by atoms with Gasteiger partial charge in [-0.25, -0.2) is 4.39 Å². The van der Waals surface area contributed by atoms with E-state index in [1.54, 1.807) is 13.0 Å². The smallest absolute Gasteiger partial charge is 0.134 e. The highest BCUT2D eigenvalue weighted by Crippen LogP contribution is 2.36. The second kappa shape index (κ2) is 3.74. The van der Waals surface area contributed by atoms with Crippen LogP contribution in [0.15, 0.2) is 12.1 Å². The number of hydrogen-bond donors (Lipinski definition) is 1. The van der Waals surface area contributed by atoms with Crippen LogP contribution in [0.2, 0.25) is 0 Å². The fourth-order valence-electron chi connectivity index (χ4n) is 2.08. The number of rotatable bonds is 1. The first-order chi connectivity index (χ1) is 7.41. The first-order valence-electron chi connectivity index (χ1n) is 5.66. The number of fused-ring (bicyclic) bond motifs is 1. The van der Waals surface area contributed by atoms with Crippen molar-refractivity contribution >= 4 is 0 Å². The Balaban J connectivity index is 2.45. The molecule has 88 valence electrons. The Hall–Kier alpha value is -1.09. The second-order valence-electron chi connectivity index (χ2n) is 5.10. The Bertz CT molecular complexity index is 413. The SMILES string of the molecule is CC(N)c1ccc2c(c1F)CCC(C)(C)O2. The zero-order chi connectivity index (χ0) is 11.9. The number of ether oxygens (including phenoxy) is 1. The fraction of sp³-hybridized carbons (Fsp3) is 0.538. The molecule has 0 spiro atoms. The summed E-state index contributed by atoms with van der Waals surface area (Å²) in [7, 11) is 0. The minimum absolute atomic E-state index is 0.192. The molecule has 3 heteroatoms. The molecule has 0 saturated heterocycles. The molecule has 1 aromatic carbocycles. The molecule has 0 saturated carbocycles. The Morgan fingerprint density at radius 3 is 2.75 bits per heavy atom. The number of nitrogens with two attached hydrogens (primary N) is 1. The summed E-state index contributed by atoms with van der Waals surface area (Å²) >= 11 is 0. The third kappa shape index (κ3) is 1.92. The highest BCUT2D eigenvalue weighted by atomic mass is 19.1. The Kier molecular flexibility index (Phi) is 2.66. The molecule has 1 aliphatic heterocycles. The van der Waals surface area contributed by atoms with E-state index in [4.69, 9.17) is 10.5 Å². The van der Waals surface area contributed by atoms with Gasteiger partial charge in [-0.1, -0.05) is 6.07 Å². The van der Waals surface area contributed by atoms with Crippen LogP contribution < -0.4 is 10.5 Å². The Morgan fingerprint density at radius 2 is 2.12 bits per heavy atom. The van der Waals surface area contributed by atoms with E-state index in [-0.39, 0.29) is 17.5 Å². The minimum atomic E-state index is -0.278. The Labute approximate surface area is 95.6 Å². The molecule has 0 aromatic heterocycles. The van der Waals surface area contributed by atoms with E-state index in [9.17, 15) is 4.39 Å². The lowest BCUT2D eigenvalue weighted by atomic mass is 9.92. The lowest BCUT2D eigenvalue weighted by Crippen LogP contribution is -2.33. The minimum Gasteiger partial charge on any atom is -0.487 e. The molecular formula is C13H18FNO. The first-order valence-corrected chi connectivity index (χ1v) is 5.66. The summed E-state index contributed by atoms with van der Waals surface area (Å²) in [6.45, 7) is 5.83. The van der Waals surface area contributed by atoms with Crippen molar-refractivity contribution in [3.05, 3.63) is 29.1 Å². The molecule has 0 fully saturated rings. The molecule has 2 N–H and O–H groups in total. The highest BCUT2D eigenvalue weighted by molar-refractivity contribution is 5.41. The number of benzene rings is 1. The third-order valence-electron chi connectivity index (χ3n) is 3.08. The van der Waals surface area contributed by atoms with E-state index in [0.717, 1.165) is 6.42 Å². The van der Waals surface area contributed by atoms with Crippen LogP contribution in [0.5, 0.6) is 5.75 Å². The number of halogens is 1. The lowest BCUT2D eigenvalue weighted by molar-refractivity contribution is 0.0831. The van der Waals surface area contributed by atoms with E-state index in [1.165, 1.54) is 0 Å². The van der Waals surface area contributed by atoms with E-state index in [0.29, 0.717) is 23.3 Å². The van der Waals surface area contributed by atoms with Crippen LogP contribution in [-0.4, -0.2) is 5.60 Å². The van der Waals surface area contributed by atoms with Crippen molar-refractivity contribution in [2.24, 2.45) is 5.73 Å². The summed E-state index contributed by atoms with van der Waals surface area (Å²) < 4.78 is 19.9. The molecule has 1 atom stereocenters. The van der Waals surface area contributed by atoms with Gasteiger partial charge in [0.15, 0.2) is 0 Å². The molecule has 2 rings (SSSR count). The summed E-state index contributed by atoms with van der Waals surface area (Å²) in [5, 5.41) is 0. The average Bonchev–Trinajstić information content (AvgIpc) is 2.15. The van der Waals surface area contributed by atoms with Crippen LogP contribution >= 0.6 is 0 Å². The first kappa shape index (κ1) is 11.4. The molecule has 0 aliphatic carbocycles. The summed E-state index contributed by atoms with van der Waals surface area (Å²) in [5.74, 6) is 0.473. The van der Waals surface area contributed by atoms with Gasteiger partial charge in [-0.05, 0) is 39.7 Å². The maximum Gasteiger partial charge on any atom is 0.134 e. The highest BCUT2D eigenvalue weighted by Gasteiger charge is 2.29. The van der Waals surface area contributed by atoms with Crippen LogP contribution in [0.4, 0.5) is 4.39 Å². The van der Waals surface area contributed by atoms with Crippen molar-refractivity contribution in [2.45, 2.75) is 45.3 Å². The Morgan fingerprint density at radius 1 is 1.44 bits per heavy atom. The monoisotopic (exact) mass is 223 g/mol. The van der Waals surface area contributed by atoms with E-state index in [1.807, 2.05) is 19.9 Å². The summed E-state index contributed by atoms with van der Waals surface area (Å²) in [6.07, 6.45) is 1.55. The fourth-order valence-corrected chi connectivity index (χ4v) is 2.08. The summed E-state index contributed by atoms with van der Waals surface area (Å²) in [4.78, 5) is 0. The molecule has 0 bridgehead atoms. The molecule has 0 radical (unpaired) electrons. The lowest BCUT2D eigenvalue weighted by Gasteiger charge is -2.33. The van der Waals surface area contributed by atoms with Crippen LogP contribution in [0.3, 0.4) is 0 Å². The van der Waals surface area contributed by atoms with Gasteiger partial charge in [0, 0.05) is 17.2 Å². The van der Waals surface area contributed by atoms with E-state index >= 15 is 0 Å². The van der Waals surface area contributed by atoms with Crippen LogP contribution in [-0.2, 0) is 6.42 Å². The molecule has 2 nitrogen and oxygen atoms in total. The standard InChI is InChI=1S/C13H18FNO/c1-8(15)9-4-5-11-10(12(9)14)6-7-13(2,3)16-11/h4-5,8H,6-7,15H2,1-3H3. The molecule has 16 heavy (non-hydrogen) atoms. The van der Waals surface area contributed by atoms with E-state index in [2.05, 4.69) is 0 Å². The largest absolute Gasteiger partial charge is 0.487 e. The van der Waals surface area contributed by atoms with Crippen LogP contribution in [0.1, 0.15) is 44.4 Å². The molecule has 0 amide bonds. The van der Waals surface area contributed by atoms with Gasteiger partial charge in [-0.2, -0.15) is 0 Å². The van der Waals surface area contributed by atoms with Crippen LogP contribution in [0.25, 0.3) is 0 Å². The van der Waals surface area contributed by atoms with Crippen molar-refractivity contribution in [1.82, 2.24) is 0 Å². The van der Waals surface area contributed by atoms with Gasteiger partial charge in [0.05, 0.1) is 0 Å². The van der Waals surface area contributed by atoms with Gasteiger partial charge < -0.3 is 10.5 Å². The molecule has 1 aromatic rings. The van der Waals surface area contributed by atoms with Crippen molar-refractivity contribution < 1.29 is 9.13 Å². The van der Waals surface area contributed by atoms with Gasteiger partial charge in [0.2, 0.25) is 0 Å².